The van der Waals surface area contributed by atoms with E-state index < -0.39 is 5.97 Å². The summed E-state index contributed by atoms with van der Waals surface area (Å²) in [6, 6.07) is 6.80. The van der Waals surface area contributed by atoms with E-state index in [2.05, 4.69) is 9.97 Å². The van der Waals surface area contributed by atoms with E-state index in [1.54, 1.807) is 30.5 Å². The molecular formula is C13H12N2O3. The summed E-state index contributed by atoms with van der Waals surface area (Å²) in [5.41, 5.74) is 1.70. The van der Waals surface area contributed by atoms with E-state index in [0.29, 0.717) is 0 Å². The highest BCUT2D eigenvalue weighted by Gasteiger charge is 2.13. The van der Waals surface area contributed by atoms with Crippen LogP contribution in [0.15, 0.2) is 30.5 Å². The van der Waals surface area contributed by atoms with E-state index >= 15 is 0 Å². The molecule has 0 radical (unpaired) electrons. The minimum absolute atomic E-state index is 0.0973. The summed E-state index contributed by atoms with van der Waals surface area (Å²) >= 11 is 0. The number of hydrogen-bond donors (Lipinski definition) is 1. The number of benzene rings is 1. The molecule has 0 aliphatic carbocycles. The third-order valence-electron chi connectivity index (χ3n) is 2.34. The van der Waals surface area contributed by atoms with E-state index in [1.165, 1.54) is 0 Å². The monoisotopic (exact) mass is 244 g/mol. The molecule has 2 rings (SSSR count). The third kappa shape index (κ3) is 2.63. The van der Waals surface area contributed by atoms with Crippen LogP contribution in [0.1, 0.15) is 21.6 Å². The Kier molecular flexibility index (Phi) is 3.23. The maximum absolute atomic E-state index is 11.1. The Morgan fingerprint density at radius 3 is 2.72 bits per heavy atom. The van der Waals surface area contributed by atoms with Crippen LogP contribution in [0.4, 0.5) is 0 Å². The van der Waals surface area contributed by atoms with Crippen LogP contribution >= 0.6 is 0 Å². The average molecular weight is 244 g/mol. The van der Waals surface area contributed by atoms with Crippen LogP contribution < -0.4 is 4.74 Å². The van der Waals surface area contributed by atoms with Crippen LogP contribution in [-0.4, -0.2) is 21.0 Å². The first-order chi connectivity index (χ1) is 8.56. The van der Waals surface area contributed by atoms with Crippen molar-refractivity contribution in [2.45, 2.75) is 13.8 Å². The van der Waals surface area contributed by atoms with Gasteiger partial charge in [0.1, 0.15) is 11.3 Å². The average Bonchev–Trinajstić information content (AvgIpc) is 2.31. The Labute approximate surface area is 104 Å². The molecule has 0 atom stereocenters. The fraction of sp³-hybridized carbons (Fsp3) is 0.154. The van der Waals surface area contributed by atoms with Gasteiger partial charge in [-0.25, -0.2) is 14.8 Å². The highest BCUT2D eigenvalue weighted by Crippen LogP contribution is 2.24. The van der Waals surface area contributed by atoms with E-state index in [0.717, 1.165) is 11.3 Å². The van der Waals surface area contributed by atoms with Crippen LogP contribution in [-0.2, 0) is 0 Å². The van der Waals surface area contributed by atoms with Crippen molar-refractivity contribution >= 4 is 5.97 Å². The molecule has 18 heavy (non-hydrogen) atoms. The first-order valence-corrected chi connectivity index (χ1v) is 5.38. The van der Waals surface area contributed by atoms with Gasteiger partial charge in [-0.2, -0.15) is 0 Å². The molecule has 5 nitrogen and oxygen atoms in total. The number of aromatic nitrogens is 2. The van der Waals surface area contributed by atoms with Gasteiger partial charge in [-0.1, -0.05) is 11.6 Å². The number of carboxylic acid groups (broad SMARTS) is 1. The highest BCUT2D eigenvalue weighted by atomic mass is 16.5. The Hall–Kier alpha value is -2.43. The Morgan fingerprint density at radius 1 is 1.28 bits per heavy atom. The lowest BCUT2D eigenvalue weighted by Crippen LogP contribution is -2.02. The lowest BCUT2D eigenvalue weighted by molar-refractivity contribution is 0.0694. The minimum Gasteiger partial charge on any atom is -0.478 e. The normalized spacial score (nSPS) is 10.1. The first kappa shape index (κ1) is 12.0. The van der Waals surface area contributed by atoms with Crippen LogP contribution in [0.3, 0.4) is 0 Å². The molecule has 0 bridgehead atoms. The van der Waals surface area contributed by atoms with Crippen LogP contribution in [0.2, 0.25) is 0 Å². The van der Waals surface area contributed by atoms with Crippen molar-refractivity contribution in [3.8, 4) is 11.8 Å². The SMILES string of the molecule is Cc1ccc(Oc2nccc(C)n2)c(C(=O)O)c1. The fourth-order valence-corrected chi connectivity index (χ4v) is 1.47. The van der Waals surface area contributed by atoms with Crippen molar-refractivity contribution in [2.24, 2.45) is 0 Å². The topological polar surface area (TPSA) is 72.3 Å². The smallest absolute Gasteiger partial charge is 0.339 e. The van der Waals surface area contributed by atoms with Gasteiger partial charge in [0, 0.05) is 11.9 Å². The molecule has 0 fully saturated rings. The summed E-state index contributed by atoms with van der Waals surface area (Å²) < 4.78 is 5.40. The molecule has 1 aromatic carbocycles. The zero-order valence-corrected chi connectivity index (χ0v) is 10.0. The number of nitrogens with zero attached hydrogens (tertiary/aromatic N) is 2. The number of rotatable bonds is 3. The predicted molar refractivity (Wildman–Crippen MR) is 65.0 cm³/mol. The summed E-state index contributed by atoms with van der Waals surface area (Å²) in [4.78, 5) is 19.1. The van der Waals surface area contributed by atoms with Gasteiger partial charge in [-0.05, 0) is 32.0 Å². The van der Waals surface area contributed by atoms with E-state index in [9.17, 15) is 4.79 Å². The van der Waals surface area contributed by atoms with Crippen molar-refractivity contribution in [3.63, 3.8) is 0 Å². The summed E-state index contributed by atoms with van der Waals surface area (Å²) in [6.45, 7) is 3.63. The van der Waals surface area contributed by atoms with Crippen molar-refractivity contribution in [1.29, 1.82) is 0 Å². The van der Waals surface area contributed by atoms with E-state index in [-0.39, 0.29) is 17.3 Å². The molecule has 0 unspecified atom stereocenters. The van der Waals surface area contributed by atoms with E-state index in [1.807, 2.05) is 13.8 Å². The second kappa shape index (κ2) is 4.83. The number of carboxylic acids is 1. The second-order valence-corrected chi connectivity index (χ2v) is 3.89. The van der Waals surface area contributed by atoms with Gasteiger partial charge in [0.15, 0.2) is 0 Å². The van der Waals surface area contributed by atoms with Crippen LogP contribution in [0, 0.1) is 13.8 Å². The maximum atomic E-state index is 11.1. The summed E-state index contributed by atoms with van der Waals surface area (Å²) in [5.74, 6) is -0.806. The number of aromatic carboxylic acids is 1. The maximum Gasteiger partial charge on any atom is 0.339 e. The number of hydrogen-bond acceptors (Lipinski definition) is 4. The standard InChI is InChI=1S/C13H12N2O3/c1-8-3-4-11(10(7-8)12(16)17)18-13-14-6-5-9(2)15-13/h3-7H,1-2H3,(H,16,17). The van der Waals surface area contributed by atoms with Gasteiger partial charge in [0.05, 0.1) is 0 Å². The third-order valence-corrected chi connectivity index (χ3v) is 2.34. The Morgan fingerprint density at radius 2 is 2.06 bits per heavy atom. The van der Waals surface area contributed by atoms with Crippen molar-refractivity contribution in [3.05, 3.63) is 47.3 Å². The quantitative estimate of drug-likeness (QED) is 0.898. The molecule has 0 amide bonds. The highest BCUT2D eigenvalue weighted by molar-refractivity contribution is 5.91. The molecule has 0 saturated carbocycles. The largest absolute Gasteiger partial charge is 0.478 e. The van der Waals surface area contributed by atoms with Crippen molar-refractivity contribution in [1.82, 2.24) is 9.97 Å². The van der Waals surface area contributed by atoms with Crippen LogP contribution in [0.5, 0.6) is 11.8 Å². The van der Waals surface area contributed by atoms with Crippen molar-refractivity contribution < 1.29 is 14.6 Å². The molecular weight excluding hydrogens is 232 g/mol. The molecule has 0 spiro atoms. The number of ether oxygens (including phenoxy) is 1. The zero-order chi connectivity index (χ0) is 13.1. The van der Waals surface area contributed by atoms with Gasteiger partial charge in [0.2, 0.25) is 0 Å². The number of carbonyl (C=O) groups is 1. The lowest BCUT2D eigenvalue weighted by atomic mass is 10.1. The first-order valence-electron chi connectivity index (χ1n) is 5.38. The minimum atomic E-state index is -1.04. The molecule has 1 aromatic heterocycles. The summed E-state index contributed by atoms with van der Waals surface area (Å²) in [7, 11) is 0. The molecule has 0 aliphatic heterocycles. The Bertz CT molecular complexity index is 597. The molecule has 5 heteroatoms. The lowest BCUT2D eigenvalue weighted by Gasteiger charge is -2.07. The molecule has 0 saturated heterocycles. The van der Waals surface area contributed by atoms with Crippen molar-refractivity contribution in [2.75, 3.05) is 0 Å². The van der Waals surface area contributed by atoms with Gasteiger partial charge in [-0.3, -0.25) is 0 Å². The van der Waals surface area contributed by atoms with Gasteiger partial charge < -0.3 is 9.84 Å². The molecule has 1 N–H and O–H groups in total. The van der Waals surface area contributed by atoms with Gasteiger partial charge in [0.25, 0.3) is 0 Å². The second-order valence-electron chi connectivity index (χ2n) is 3.89. The summed E-state index contributed by atoms with van der Waals surface area (Å²) in [6.07, 6.45) is 1.56. The fourth-order valence-electron chi connectivity index (χ4n) is 1.47. The Balaban J connectivity index is 2.37. The van der Waals surface area contributed by atoms with Gasteiger partial charge in [-0.15, -0.1) is 0 Å². The van der Waals surface area contributed by atoms with Gasteiger partial charge >= 0.3 is 12.0 Å². The number of aryl methyl sites for hydroxylation is 2. The molecule has 2 aromatic rings. The van der Waals surface area contributed by atoms with E-state index in [4.69, 9.17) is 9.84 Å². The van der Waals surface area contributed by atoms with Crippen LogP contribution in [0.25, 0.3) is 0 Å². The molecule has 92 valence electrons. The predicted octanol–water partition coefficient (Wildman–Crippen LogP) is 2.58. The molecule has 0 aliphatic rings. The zero-order valence-electron chi connectivity index (χ0n) is 10.0. The summed E-state index contributed by atoms with van der Waals surface area (Å²) in [5, 5.41) is 9.10. The molecule has 1 heterocycles.